The zero-order chi connectivity index (χ0) is 11.5. The van der Waals surface area contributed by atoms with Gasteiger partial charge in [0.05, 0.1) is 5.56 Å². The summed E-state index contributed by atoms with van der Waals surface area (Å²) >= 11 is 1.76. The third-order valence-electron chi connectivity index (χ3n) is 2.46. The van der Waals surface area contributed by atoms with Crippen LogP contribution in [-0.2, 0) is 0 Å². The van der Waals surface area contributed by atoms with Gasteiger partial charge >= 0.3 is 0 Å². The minimum Gasteiger partial charge on any atom is -0.337 e. The first-order chi connectivity index (χ1) is 7.68. The molecule has 2 rings (SSSR count). The van der Waals surface area contributed by atoms with Gasteiger partial charge in [0.1, 0.15) is 11.6 Å². The van der Waals surface area contributed by atoms with Crippen molar-refractivity contribution in [3.63, 3.8) is 0 Å². The summed E-state index contributed by atoms with van der Waals surface area (Å²) in [4.78, 5) is 13.4. The summed E-state index contributed by atoms with van der Waals surface area (Å²) in [5.41, 5.74) is -0.174. The summed E-state index contributed by atoms with van der Waals surface area (Å²) in [6, 6.07) is 2.96. The number of carbonyl (C=O) groups excluding carboxylic acids is 1. The van der Waals surface area contributed by atoms with Gasteiger partial charge in [0, 0.05) is 24.6 Å². The standard InChI is InChI=1S/C11H11F2NOS/c12-8-1-2-10(13)9(7-8)11(15)14-3-5-16-6-4-14/h1-2,7H,3-6H2. The van der Waals surface area contributed by atoms with Crippen LogP contribution in [0, 0.1) is 11.6 Å². The number of halogens is 2. The fraction of sp³-hybridized carbons (Fsp3) is 0.364. The van der Waals surface area contributed by atoms with Crippen LogP contribution < -0.4 is 0 Å². The monoisotopic (exact) mass is 243 g/mol. The van der Waals surface area contributed by atoms with Crippen molar-refractivity contribution in [3.05, 3.63) is 35.4 Å². The molecule has 86 valence electrons. The zero-order valence-electron chi connectivity index (χ0n) is 8.58. The highest BCUT2D eigenvalue weighted by atomic mass is 32.2. The quantitative estimate of drug-likeness (QED) is 0.753. The van der Waals surface area contributed by atoms with Crippen LogP contribution in [0.1, 0.15) is 10.4 Å². The lowest BCUT2D eigenvalue weighted by molar-refractivity contribution is 0.0767. The van der Waals surface area contributed by atoms with Crippen molar-refractivity contribution in [2.45, 2.75) is 0 Å². The first-order valence-electron chi connectivity index (χ1n) is 5.00. The number of rotatable bonds is 1. The number of amides is 1. The lowest BCUT2D eigenvalue weighted by atomic mass is 10.2. The molecule has 0 N–H and O–H groups in total. The number of benzene rings is 1. The van der Waals surface area contributed by atoms with Crippen LogP contribution >= 0.6 is 11.8 Å². The molecular formula is C11H11F2NOS. The highest BCUT2D eigenvalue weighted by molar-refractivity contribution is 7.99. The first kappa shape index (κ1) is 11.4. The molecule has 0 aromatic heterocycles. The Kier molecular flexibility index (Phi) is 3.43. The average molecular weight is 243 g/mol. The Morgan fingerprint density at radius 2 is 1.94 bits per heavy atom. The van der Waals surface area contributed by atoms with Crippen LogP contribution in [0.3, 0.4) is 0 Å². The fourth-order valence-corrected chi connectivity index (χ4v) is 2.50. The molecule has 0 bridgehead atoms. The van der Waals surface area contributed by atoms with Gasteiger partial charge in [-0.2, -0.15) is 11.8 Å². The maximum atomic E-state index is 13.4. The molecule has 1 amide bonds. The minimum absolute atomic E-state index is 0.174. The molecule has 5 heteroatoms. The second kappa shape index (κ2) is 4.82. The highest BCUT2D eigenvalue weighted by Crippen LogP contribution is 2.16. The number of carbonyl (C=O) groups is 1. The number of hydrogen-bond acceptors (Lipinski definition) is 2. The van der Waals surface area contributed by atoms with Crippen molar-refractivity contribution in [2.24, 2.45) is 0 Å². The van der Waals surface area contributed by atoms with E-state index in [0.29, 0.717) is 13.1 Å². The van der Waals surface area contributed by atoms with Crippen molar-refractivity contribution < 1.29 is 13.6 Å². The summed E-state index contributed by atoms with van der Waals surface area (Å²) < 4.78 is 26.3. The zero-order valence-corrected chi connectivity index (χ0v) is 9.40. The molecular weight excluding hydrogens is 232 g/mol. The summed E-state index contributed by atoms with van der Waals surface area (Å²) in [6.45, 7) is 1.19. The third-order valence-corrected chi connectivity index (χ3v) is 3.40. The summed E-state index contributed by atoms with van der Waals surface area (Å²) in [7, 11) is 0. The van der Waals surface area contributed by atoms with E-state index in [1.807, 2.05) is 0 Å². The van der Waals surface area contributed by atoms with Crippen molar-refractivity contribution in [2.75, 3.05) is 24.6 Å². The summed E-state index contributed by atoms with van der Waals surface area (Å²) in [6.07, 6.45) is 0. The molecule has 0 spiro atoms. The van der Waals surface area contributed by atoms with E-state index in [1.54, 1.807) is 16.7 Å². The molecule has 0 saturated carbocycles. The Morgan fingerprint density at radius 3 is 2.62 bits per heavy atom. The first-order valence-corrected chi connectivity index (χ1v) is 6.16. The molecule has 1 aromatic rings. The van der Waals surface area contributed by atoms with Gasteiger partial charge < -0.3 is 4.90 Å². The molecule has 0 radical (unpaired) electrons. The van der Waals surface area contributed by atoms with E-state index in [4.69, 9.17) is 0 Å². The van der Waals surface area contributed by atoms with Crippen molar-refractivity contribution in [1.29, 1.82) is 0 Å². The van der Waals surface area contributed by atoms with Gasteiger partial charge in [0.2, 0.25) is 0 Å². The second-order valence-electron chi connectivity index (χ2n) is 3.53. The Labute approximate surface area is 96.6 Å². The van der Waals surface area contributed by atoms with Gasteiger partial charge in [0.15, 0.2) is 0 Å². The molecule has 1 saturated heterocycles. The van der Waals surface area contributed by atoms with Gasteiger partial charge in [-0.05, 0) is 18.2 Å². The third kappa shape index (κ3) is 2.35. The van der Waals surface area contributed by atoms with Gasteiger partial charge in [-0.3, -0.25) is 4.79 Å². The van der Waals surface area contributed by atoms with E-state index in [9.17, 15) is 13.6 Å². The molecule has 2 nitrogen and oxygen atoms in total. The van der Waals surface area contributed by atoms with Crippen LogP contribution in [-0.4, -0.2) is 35.4 Å². The Bertz CT molecular complexity index is 405. The SMILES string of the molecule is O=C(c1cc(F)ccc1F)N1CCSCC1. The van der Waals surface area contributed by atoms with Gasteiger partial charge in [-0.1, -0.05) is 0 Å². The van der Waals surface area contributed by atoms with E-state index in [0.717, 1.165) is 29.7 Å². The highest BCUT2D eigenvalue weighted by Gasteiger charge is 2.21. The van der Waals surface area contributed by atoms with Crippen LogP contribution in [0.2, 0.25) is 0 Å². The molecule has 1 aliphatic heterocycles. The molecule has 0 aliphatic carbocycles. The molecule has 0 unspecified atom stereocenters. The van der Waals surface area contributed by atoms with Crippen molar-refractivity contribution >= 4 is 17.7 Å². The lowest BCUT2D eigenvalue weighted by Gasteiger charge is -2.26. The number of thioether (sulfide) groups is 1. The average Bonchev–Trinajstić information content (AvgIpc) is 2.32. The maximum Gasteiger partial charge on any atom is 0.256 e. The molecule has 1 heterocycles. The van der Waals surface area contributed by atoms with Crippen LogP contribution in [0.15, 0.2) is 18.2 Å². The summed E-state index contributed by atoms with van der Waals surface area (Å²) in [5, 5.41) is 0. The predicted octanol–water partition coefficient (Wildman–Crippen LogP) is 2.15. The van der Waals surface area contributed by atoms with Gasteiger partial charge in [-0.25, -0.2) is 8.78 Å². The smallest absolute Gasteiger partial charge is 0.256 e. The second-order valence-corrected chi connectivity index (χ2v) is 4.75. The minimum atomic E-state index is -0.662. The van der Waals surface area contributed by atoms with Crippen molar-refractivity contribution in [3.8, 4) is 0 Å². The maximum absolute atomic E-state index is 13.4. The Hall–Kier alpha value is -1.10. The van der Waals surface area contributed by atoms with Gasteiger partial charge in [-0.15, -0.1) is 0 Å². The van der Waals surface area contributed by atoms with E-state index in [1.165, 1.54) is 0 Å². The van der Waals surface area contributed by atoms with E-state index in [2.05, 4.69) is 0 Å². The lowest BCUT2D eigenvalue weighted by Crippen LogP contribution is -2.38. The Morgan fingerprint density at radius 1 is 1.25 bits per heavy atom. The van der Waals surface area contributed by atoms with E-state index in [-0.39, 0.29) is 5.56 Å². The fourth-order valence-electron chi connectivity index (χ4n) is 1.60. The molecule has 0 atom stereocenters. The molecule has 1 fully saturated rings. The topological polar surface area (TPSA) is 20.3 Å². The Balaban J connectivity index is 2.22. The van der Waals surface area contributed by atoms with E-state index < -0.39 is 17.5 Å². The molecule has 1 aromatic carbocycles. The van der Waals surface area contributed by atoms with Gasteiger partial charge in [0.25, 0.3) is 5.91 Å². The molecule has 1 aliphatic rings. The molecule has 16 heavy (non-hydrogen) atoms. The van der Waals surface area contributed by atoms with Crippen LogP contribution in [0.5, 0.6) is 0 Å². The van der Waals surface area contributed by atoms with Crippen molar-refractivity contribution in [1.82, 2.24) is 4.90 Å². The number of nitrogens with zero attached hydrogens (tertiary/aromatic N) is 1. The predicted molar refractivity (Wildman–Crippen MR) is 59.6 cm³/mol. The summed E-state index contributed by atoms with van der Waals surface area (Å²) in [5.74, 6) is 0.0313. The normalized spacial score (nSPS) is 16.2. The number of hydrogen-bond donors (Lipinski definition) is 0. The van der Waals surface area contributed by atoms with Crippen LogP contribution in [0.25, 0.3) is 0 Å². The van der Waals surface area contributed by atoms with Crippen LogP contribution in [0.4, 0.5) is 8.78 Å². The van der Waals surface area contributed by atoms with E-state index >= 15 is 0 Å². The largest absolute Gasteiger partial charge is 0.337 e.